The van der Waals surface area contributed by atoms with E-state index >= 15 is 0 Å². The van der Waals surface area contributed by atoms with E-state index in [4.69, 9.17) is 4.74 Å². The molecule has 1 aromatic heterocycles. The molecule has 1 aromatic carbocycles. The molecule has 4 unspecified atom stereocenters. The first-order valence-corrected chi connectivity index (χ1v) is 9.42. The largest absolute Gasteiger partial charge is 0.394 e. The Morgan fingerprint density at radius 2 is 2.03 bits per heavy atom. The van der Waals surface area contributed by atoms with E-state index in [9.17, 15) is 25.2 Å². The zero-order valence-electron chi connectivity index (χ0n) is 16.2. The molecule has 5 atom stereocenters. The van der Waals surface area contributed by atoms with Gasteiger partial charge in [0.2, 0.25) is 0 Å². The van der Waals surface area contributed by atoms with Crippen LogP contribution in [0.2, 0.25) is 0 Å². The fourth-order valence-corrected chi connectivity index (χ4v) is 3.31. The summed E-state index contributed by atoms with van der Waals surface area (Å²) in [6, 6.07) is 3.36. The molecule has 0 aliphatic carbocycles. The van der Waals surface area contributed by atoms with Crippen molar-refractivity contribution in [2.75, 3.05) is 20.2 Å². The van der Waals surface area contributed by atoms with Gasteiger partial charge in [0.05, 0.1) is 23.9 Å². The van der Waals surface area contributed by atoms with Gasteiger partial charge in [-0.3, -0.25) is 9.89 Å². The summed E-state index contributed by atoms with van der Waals surface area (Å²) in [7, 11) is 1.73. The summed E-state index contributed by atoms with van der Waals surface area (Å²) in [4.78, 5) is 14.3. The molecule has 3 rings (SSSR count). The lowest BCUT2D eigenvalue weighted by Crippen LogP contribution is -2.58. The summed E-state index contributed by atoms with van der Waals surface area (Å²) < 4.78 is 5.41. The van der Waals surface area contributed by atoms with E-state index in [-0.39, 0.29) is 5.91 Å². The van der Waals surface area contributed by atoms with Crippen LogP contribution >= 0.6 is 0 Å². The number of benzene rings is 1. The van der Waals surface area contributed by atoms with Crippen LogP contribution in [0, 0.1) is 11.8 Å². The highest BCUT2D eigenvalue weighted by Crippen LogP contribution is 2.22. The van der Waals surface area contributed by atoms with Crippen LogP contribution in [-0.2, 0) is 4.74 Å². The molecule has 2 heterocycles. The summed E-state index contributed by atoms with van der Waals surface area (Å²) in [6.07, 6.45) is -4.12. The number of H-pyrrole nitrogens is 1. The van der Waals surface area contributed by atoms with Gasteiger partial charge in [-0.05, 0) is 18.6 Å². The molecule has 0 spiro atoms. The first kappa shape index (κ1) is 21.2. The average molecular weight is 403 g/mol. The second-order valence-corrected chi connectivity index (χ2v) is 7.10. The van der Waals surface area contributed by atoms with Gasteiger partial charge in [-0.15, -0.1) is 0 Å². The smallest absolute Gasteiger partial charge is 0.253 e. The van der Waals surface area contributed by atoms with Gasteiger partial charge in [-0.25, -0.2) is 0 Å². The van der Waals surface area contributed by atoms with Crippen LogP contribution in [0.3, 0.4) is 0 Å². The van der Waals surface area contributed by atoms with E-state index in [1.54, 1.807) is 30.3 Å². The van der Waals surface area contributed by atoms with Gasteiger partial charge in [0.15, 0.2) is 0 Å². The Hall–Kier alpha value is -2.48. The minimum atomic E-state index is -1.50. The lowest BCUT2D eigenvalue weighted by atomic mass is 9.95. The third-order valence-electron chi connectivity index (χ3n) is 4.94. The van der Waals surface area contributed by atoms with Crippen LogP contribution in [0.15, 0.2) is 18.3 Å². The number of ether oxygens (including phenoxy) is 1. The third-order valence-corrected chi connectivity index (χ3v) is 4.94. The van der Waals surface area contributed by atoms with Gasteiger partial charge in [0.1, 0.15) is 30.5 Å². The number of hydrogen-bond donors (Lipinski definition) is 5. The predicted octanol–water partition coefficient (Wildman–Crippen LogP) is -0.761. The van der Waals surface area contributed by atoms with Crippen LogP contribution in [0.5, 0.6) is 0 Å². The molecule has 1 aliphatic heterocycles. The molecule has 29 heavy (non-hydrogen) atoms. The van der Waals surface area contributed by atoms with Crippen molar-refractivity contribution in [3.05, 3.63) is 29.5 Å². The molecule has 0 radical (unpaired) electrons. The van der Waals surface area contributed by atoms with E-state index in [2.05, 4.69) is 22.0 Å². The molecule has 1 fully saturated rings. The number of rotatable bonds is 4. The molecule has 9 nitrogen and oxygen atoms in total. The molecule has 5 N–H and O–H groups in total. The standard InChI is InChI=1S/C20H25N3O6/c1-3-6-23(2)20(28)12-7-11(16-13(8-12)9-21-22-16)4-5-14-17(25)19(27)18(26)15(10-24)29-14/h7-9,14-15,17-19,24-27H,3,6,10H2,1-2H3,(H,21,22)/t14?,15?,17?,18-,19?/m1/s1. The molecule has 156 valence electrons. The number of hydrogen-bond acceptors (Lipinski definition) is 7. The summed E-state index contributed by atoms with van der Waals surface area (Å²) in [6.45, 7) is 2.08. The fourth-order valence-electron chi connectivity index (χ4n) is 3.31. The minimum absolute atomic E-state index is 0.147. The highest BCUT2D eigenvalue weighted by molar-refractivity contribution is 5.99. The molecule has 2 aromatic rings. The van der Waals surface area contributed by atoms with E-state index in [1.807, 2.05) is 6.92 Å². The summed E-state index contributed by atoms with van der Waals surface area (Å²) >= 11 is 0. The number of aromatic amines is 1. The molecule has 0 saturated carbocycles. The Balaban J connectivity index is 1.94. The van der Waals surface area contributed by atoms with Gasteiger partial charge in [0.25, 0.3) is 5.91 Å². The van der Waals surface area contributed by atoms with Crippen molar-refractivity contribution in [3.63, 3.8) is 0 Å². The van der Waals surface area contributed by atoms with Crippen molar-refractivity contribution in [3.8, 4) is 11.8 Å². The van der Waals surface area contributed by atoms with Gasteiger partial charge in [0, 0.05) is 24.5 Å². The van der Waals surface area contributed by atoms with Crippen molar-refractivity contribution in [1.29, 1.82) is 0 Å². The van der Waals surface area contributed by atoms with Crippen LogP contribution in [0.25, 0.3) is 10.9 Å². The van der Waals surface area contributed by atoms with E-state index < -0.39 is 37.1 Å². The van der Waals surface area contributed by atoms with E-state index in [0.717, 1.165) is 6.42 Å². The minimum Gasteiger partial charge on any atom is -0.394 e. The average Bonchev–Trinajstić information content (AvgIpc) is 3.19. The van der Waals surface area contributed by atoms with Gasteiger partial charge >= 0.3 is 0 Å². The quantitative estimate of drug-likeness (QED) is 0.423. The number of amides is 1. The molecular formula is C20H25N3O6. The van der Waals surface area contributed by atoms with Crippen LogP contribution in [-0.4, -0.2) is 92.1 Å². The van der Waals surface area contributed by atoms with Crippen LogP contribution in [0.1, 0.15) is 29.3 Å². The Bertz CT molecular complexity index is 931. The Morgan fingerprint density at radius 1 is 1.28 bits per heavy atom. The van der Waals surface area contributed by atoms with Crippen molar-refractivity contribution in [1.82, 2.24) is 15.1 Å². The topological polar surface area (TPSA) is 139 Å². The predicted molar refractivity (Wildman–Crippen MR) is 104 cm³/mol. The van der Waals surface area contributed by atoms with Crippen molar-refractivity contribution >= 4 is 16.8 Å². The number of nitrogens with one attached hydrogen (secondary N) is 1. The highest BCUT2D eigenvalue weighted by Gasteiger charge is 2.42. The van der Waals surface area contributed by atoms with Crippen molar-refractivity contribution in [2.24, 2.45) is 0 Å². The number of carbonyl (C=O) groups is 1. The number of aliphatic hydroxyl groups is 4. The van der Waals surface area contributed by atoms with Crippen molar-refractivity contribution < 1.29 is 30.0 Å². The number of aliphatic hydroxyl groups excluding tert-OH is 4. The summed E-state index contributed by atoms with van der Waals surface area (Å²) in [5, 5.41) is 46.8. The molecule has 1 saturated heterocycles. The molecule has 9 heteroatoms. The maximum Gasteiger partial charge on any atom is 0.253 e. The molecule has 1 amide bonds. The molecule has 0 bridgehead atoms. The van der Waals surface area contributed by atoms with E-state index in [1.165, 1.54) is 0 Å². The summed E-state index contributed by atoms with van der Waals surface area (Å²) in [5.41, 5.74) is 1.55. The van der Waals surface area contributed by atoms with Gasteiger partial charge < -0.3 is 30.1 Å². The second-order valence-electron chi connectivity index (χ2n) is 7.10. The lowest BCUT2D eigenvalue weighted by molar-refractivity contribution is -0.214. The van der Waals surface area contributed by atoms with E-state index in [0.29, 0.717) is 28.6 Å². The molecule has 1 aliphatic rings. The zero-order valence-corrected chi connectivity index (χ0v) is 16.2. The monoisotopic (exact) mass is 403 g/mol. The highest BCUT2D eigenvalue weighted by atomic mass is 16.5. The Morgan fingerprint density at radius 3 is 2.72 bits per heavy atom. The number of nitrogens with zero attached hydrogens (tertiary/aromatic N) is 2. The Kier molecular flexibility index (Phi) is 6.52. The zero-order chi connectivity index (χ0) is 21.1. The van der Waals surface area contributed by atoms with Gasteiger partial charge in [-0.1, -0.05) is 18.8 Å². The first-order chi connectivity index (χ1) is 13.9. The fraction of sp³-hybridized carbons (Fsp3) is 0.500. The first-order valence-electron chi connectivity index (χ1n) is 9.42. The second kappa shape index (κ2) is 8.90. The van der Waals surface area contributed by atoms with Crippen LogP contribution < -0.4 is 0 Å². The SMILES string of the molecule is CCCN(C)C(=O)c1cc(C#CC2OC(CO)[C@@H](O)C(O)C2O)c2[nH]ncc2c1. The van der Waals surface area contributed by atoms with Crippen LogP contribution in [0.4, 0.5) is 0 Å². The summed E-state index contributed by atoms with van der Waals surface area (Å²) in [5.74, 6) is 5.45. The molecular weight excluding hydrogens is 378 g/mol. The lowest BCUT2D eigenvalue weighted by Gasteiger charge is -2.37. The third kappa shape index (κ3) is 4.27. The number of fused-ring (bicyclic) bond motifs is 1. The maximum absolute atomic E-state index is 12.7. The normalized spacial score (nSPS) is 26.8. The van der Waals surface area contributed by atoms with Crippen molar-refractivity contribution in [2.45, 2.75) is 43.9 Å². The number of carbonyl (C=O) groups excluding carboxylic acids is 1. The Labute approximate surface area is 167 Å². The number of aromatic nitrogens is 2. The van der Waals surface area contributed by atoms with Gasteiger partial charge in [-0.2, -0.15) is 5.10 Å². The maximum atomic E-state index is 12.7.